The van der Waals surface area contributed by atoms with Gasteiger partial charge in [0, 0.05) is 43.8 Å². The topological polar surface area (TPSA) is 61.9 Å². The molecule has 6 nitrogen and oxygen atoms in total. The summed E-state index contributed by atoms with van der Waals surface area (Å²) in [5.74, 6) is -0.980. The average Bonchev–Trinajstić information content (AvgIpc) is 3.21. The molecule has 2 fully saturated rings. The smallest absolute Gasteiger partial charge is 0.416 e. The van der Waals surface area contributed by atoms with Crippen molar-refractivity contribution in [2.75, 3.05) is 26.2 Å². The van der Waals surface area contributed by atoms with Gasteiger partial charge in [-0.3, -0.25) is 9.69 Å². The molecule has 2 aromatic carbocycles. The lowest BCUT2D eigenvalue weighted by atomic mass is 10.0. The van der Waals surface area contributed by atoms with Gasteiger partial charge in [0.05, 0.1) is 11.1 Å². The van der Waals surface area contributed by atoms with Crippen molar-refractivity contribution in [2.24, 2.45) is 0 Å². The molecule has 39 heavy (non-hydrogen) atoms. The van der Waals surface area contributed by atoms with Gasteiger partial charge in [0.15, 0.2) is 0 Å². The molecule has 2 aromatic rings. The Bertz CT molecular complexity index is 1120. The average molecular weight is 558 g/mol. The van der Waals surface area contributed by atoms with E-state index in [2.05, 4.69) is 10.2 Å². The van der Waals surface area contributed by atoms with Gasteiger partial charge in [-0.25, -0.2) is 4.79 Å². The quantitative estimate of drug-likeness (QED) is 0.478. The van der Waals surface area contributed by atoms with Crippen molar-refractivity contribution < 1.29 is 40.7 Å². The summed E-state index contributed by atoms with van der Waals surface area (Å²) in [5.41, 5.74) is -2.85. The van der Waals surface area contributed by atoms with E-state index in [0.717, 1.165) is 18.4 Å². The van der Waals surface area contributed by atoms with E-state index in [1.54, 1.807) is 4.90 Å². The van der Waals surface area contributed by atoms with Crippen molar-refractivity contribution in [3.63, 3.8) is 0 Å². The molecule has 0 spiro atoms. The second-order valence-electron chi connectivity index (χ2n) is 9.86. The lowest BCUT2D eigenvalue weighted by Gasteiger charge is -2.27. The van der Waals surface area contributed by atoms with Crippen LogP contribution in [0.1, 0.15) is 52.7 Å². The molecule has 0 radical (unpaired) electrons. The Labute approximate surface area is 221 Å². The molecule has 2 saturated heterocycles. The molecular formula is C27H29F6N3O3. The summed E-state index contributed by atoms with van der Waals surface area (Å²) >= 11 is 0. The molecule has 0 aliphatic carbocycles. The van der Waals surface area contributed by atoms with E-state index in [0.29, 0.717) is 51.2 Å². The largest absolute Gasteiger partial charge is 0.445 e. The molecule has 0 aromatic heterocycles. The number of alkyl halides is 6. The van der Waals surface area contributed by atoms with E-state index in [1.807, 2.05) is 30.3 Å². The van der Waals surface area contributed by atoms with Crippen molar-refractivity contribution in [2.45, 2.75) is 56.7 Å². The van der Waals surface area contributed by atoms with E-state index in [-0.39, 0.29) is 24.8 Å². The minimum absolute atomic E-state index is 0.000878. The van der Waals surface area contributed by atoms with Gasteiger partial charge in [-0.05, 0) is 49.4 Å². The summed E-state index contributed by atoms with van der Waals surface area (Å²) in [6.07, 6.45) is -7.68. The molecular weight excluding hydrogens is 528 g/mol. The van der Waals surface area contributed by atoms with Crippen LogP contribution >= 0.6 is 0 Å². The van der Waals surface area contributed by atoms with Gasteiger partial charge in [0.25, 0.3) is 5.91 Å². The van der Waals surface area contributed by atoms with Crippen molar-refractivity contribution in [1.29, 1.82) is 0 Å². The van der Waals surface area contributed by atoms with Gasteiger partial charge in [-0.1, -0.05) is 30.3 Å². The van der Waals surface area contributed by atoms with Crippen molar-refractivity contribution in [1.82, 2.24) is 15.1 Å². The maximum absolute atomic E-state index is 13.2. The van der Waals surface area contributed by atoms with Crippen molar-refractivity contribution >= 4 is 12.0 Å². The number of benzene rings is 2. The Morgan fingerprint density at radius 2 is 1.54 bits per heavy atom. The molecule has 212 valence electrons. The van der Waals surface area contributed by atoms with Crippen LogP contribution in [0, 0.1) is 0 Å². The number of ether oxygens (including phenoxy) is 1. The molecule has 0 bridgehead atoms. The predicted octanol–water partition coefficient (Wildman–Crippen LogP) is 5.72. The minimum atomic E-state index is -5.03. The number of halogens is 6. The first kappa shape index (κ1) is 28.7. The molecule has 2 aliphatic rings. The molecule has 4 rings (SSSR count). The van der Waals surface area contributed by atoms with Crippen LogP contribution in [0.3, 0.4) is 0 Å². The highest BCUT2D eigenvalue weighted by Gasteiger charge is 2.38. The number of carbonyl (C=O) groups excluding carboxylic acids is 2. The van der Waals surface area contributed by atoms with Gasteiger partial charge < -0.3 is 15.0 Å². The van der Waals surface area contributed by atoms with Crippen LogP contribution in [0.15, 0.2) is 48.5 Å². The number of nitrogens with one attached hydrogen (secondary N) is 1. The SMILES string of the molecule is O=C(N[C@@H]1CCN(C2CCCN(C(=O)OCc3ccccc3)CC2)C1)c1cc(C(F)(F)F)cc(C(F)(F)F)c1. The second-order valence-corrected chi connectivity index (χ2v) is 9.86. The van der Waals surface area contributed by atoms with Crippen LogP contribution in [0.25, 0.3) is 0 Å². The zero-order valence-electron chi connectivity index (χ0n) is 21.0. The summed E-state index contributed by atoms with van der Waals surface area (Å²) < 4.78 is 84.4. The van der Waals surface area contributed by atoms with Crippen LogP contribution in [0.4, 0.5) is 31.1 Å². The summed E-state index contributed by atoms with van der Waals surface area (Å²) in [4.78, 5) is 29.0. The monoisotopic (exact) mass is 557 g/mol. The third kappa shape index (κ3) is 7.65. The van der Waals surface area contributed by atoms with Gasteiger partial charge in [0.2, 0.25) is 0 Å². The maximum atomic E-state index is 13.2. The Hall–Kier alpha value is -3.28. The normalized spacial score (nSPS) is 20.9. The summed E-state index contributed by atoms with van der Waals surface area (Å²) in [6.45, 7) is 2.26. The zero-order valence-corrected chi connectivity index (χ0v) is 21.0. The standard InChI is InChI=1S/C27H29F6N3O3/c28-26(29,30)20-13-19(14-21(15-20)27(31,32)33)24(37)34-22-8-11-36(16-22)23-7-4-10-35(12-9-23)25(38)39-17-18-5-2-1-3-6-18/h1-3,5-6,13-15,22-23H,4,7-12,16-17H2,(H,34,37)/t22-,23?/m1/s1. The molecule has 12 heteroatoms. The first-order valence-electron chi connectivity index (χ1n) is 12.7. The van der Waals surface area contributed by atoms with Crippen LogP contribution in [0.2, 0.25) is 0 Å². The molecule has 1 unspecified atom stereocenters. The number of likely N-dealkylation sites (tertiary alicyclic amines) is 2. The highest BCUT2D eigenvalue weighted by Crippen LogP contribution is 2.36. The van der Waals surface area contributed by atoms with Crippen molar-refractivity contribution in [3.8, 4) is 0 Å². The van der Waals surface area contributed by atoms with E-state index >= 15 is 0 Å². The number of rotatable bonds is 5. The van der Waals surface area contributed by atoms with Crippen LogP contribution in [-0.2, 0) is 23.7 Å². The number of hydrogen-bond acceptors (Lipinski definition) is 4. The summed E-state index contributed by atoms with van der Waals surface area (Å²) in [7, 11) is 0. The van der Waals surface area contributed by atoms with Gasteiger partial charge in [0.1, 0.15) is 6.61 Å². The number of hydrogen-bond donors (Lipinski definition) is 1. The van der Waals surface area contributed by atoms with Gasteiger partial charge in [-0.2, -0.15) is 26.3 Å². The molecule has 0 saturated carbocycles. The van der Waals surface area contributed by atoms with Crippen LogP contribution in [-0.4, -0.2) is 60.1 Å². The van der Waals surface area contributed by atoms with E-state index < -0.39 is 41.0 Å². The molecule has 1 N–H and O–H groups in total. The third-order valence-electron chi connectivity index (χ3n) is 7.08. The number of amides is 2. The Kier molecular flexibility index (Phi) is 8.73. The first-order valence-corrected chi connectivity index (χ1v) is 12.7. The lowest BCUT2D eigenvalue weighted by molar-refractivity contribution is -0.143. The number of nitrogens with zero attached hydrogens (tertiary/aromatic N) is 2. The minimum Gasteiger partial charge on any atom is -0.445 e. The highest BCUT2D eigenvalue weighted by molar-refractivity contribution is 5.95. The second kappa shape index (κ2) is 11.8. The van der Waals surface area contributed by atoms with Crippen molar-refractivity contribution in [3.05, 3.63) is 70.8 Å². The highest BCUT2D eigenvalue weighted by atomic mass is 19.4. The van der Waals surface area contributed by atoms with Crippen LogP contribution < -0.4 is 5.32 Å². The van der Waals surface area contributed by atoms with E-state index in [1.165, 1.54) is 0 Å². The lowest BCUT2D eigenvalue weighted by Crippen LogP contribution is -2.40. The predicted molar refractivity (Wildman–Crippen MR) is 130 cm³/mol. The van der Waals surface area contributed by atoms with Crippen LogP contribution in [0.5, 0.6) is 0 Å². The Balaban J connectivity index is 1.31. The fourth-order valence-corrected chi connectivity index (χ4v) is 5.03. The first-order chi connectivity index (χ1) is 18.4. The van der Waals surface area contributed by atoms with Gasteiger partial charge in [-0.15, -0.1) is 0 Å². The fourth-order valence-electron chi connectivity index (χ4n) is 5.03. The van der Waals surface area contributed by atoms with Gasteiger partial charge >= 0.3 is 18.4 Å². The third-order valence-corrected chi connectivity index (χ3v) is 7.08. The Morgan fingerprint density at radius 3 is 2.18 bits per heavy atom. The number of carbonyl (C=O) groups is 2. The zero-order chi connectivity index (χ0) is 28.2. The van der Waals surface area contributed by atoms with E-state index in [4.69, 9.17) is 4.74 Å². The molecule has 2 atom stereocenters. The maximum Gasteiger partial charge on any atom is 0.416 e. The van der Waals surface area contributed by atoms with E-state index in [9.17, 15) is 35.9 Å². The Morgan fingerprint density at radius 1 is 0.872 bits per heavy atom. The molecule has 2 heterocycles. The molecule has 2 aliphatic heterocycles. The fraction of sp³-hybridized carbons (Fsp3) is 0.481. The summed E-state index contributed by atoms with van der Waals surface area (Å²) in [5, 5.41) is 2.60. The molecule has 2 amide bonds. The summed E-state index contributed by atoms with van der Waals surface area (Å²) in [6, 6.07) is 9.94.